The Hall–Kier alpha value is -1.92. The van der Waals surface area contributed by atoms with Crippen LogP contribution >= 0.6 is 11.3 Å². The van der Waals surface area contributed by atoms with Gasteiger partial charge in [-0.2, -0.15) is 0 Å². The summed E-state index contributed by atoms with van der Waals surface area (Å²) in [5.41, 5.74) is 2.98. The van der Waals surface area contributed by atoms with E-state index >= 15 is 0 Å². The van der Waals surface area contributed by atoms with Gasteiger partial charge in [-0.05, 0) is 37.8 Å². The Morgan fingerprint density at radius 2 is 2.07 bits per heavy atom. The maximum Gasteiger partial charge on any atom is 0.191 e. The van der Waals surface area contributed by atoms with Crippen molar-refractivity contribution in [3.05, 3.63) is 51.5 Å². The molecule has 5 nitrogen and oxygen atoms in total. The Balaban J connectivity index is 1.58. The lowest BCUT2D eigenvalue weighted by Crippen LogP contribution is -2.48. The van der Waals surface area contributed by atoms with Crippen LogP contribution in [0.15, 0.2) is 35.5 Å². The quantitative estimate of drug-likeness (QED) is 0.567. The minimum atomic E-state index is 0.504. The zero-order valence-corrected chi connectivity index (χ0v) is 17.5. The van der Waals surface area contributed by atoms with Crippen LogP contribution in [0.5, 0.6) is 0 Å². The molecule has 1 aliphatic heterocycles. The summed E-state index contributed by atoms with van der Waals surface area (Å²) in [5.74, 6) is 0.876. The van der Waals surface area contributed by atoms with E-state index in [4.69, 9.17) is 4.99 Å². The van der Waals surface area contributed by atoms with Gasteiger partial charge in [-0.25, -0.2) is 9.98 Å². The van der Waals surface area contributed by atoms with E-state index in [1.165, 1.54) is 16.0 Å². The normalized spacial score (nSPS) is 16.0. The Kier molecular flexibility index (Phi) is 7.24. The SMILES string of the molecule is CCNC(=NCc1ncc(C)s1)NCC(CC)N1CCc2ccccc2C1. The molecule has 2 aromatic rings. The topological polar surface area (TPSA) is 52.6 Å². The number of aromatic nitrogens is 1. The fourth-order valence-corrected chi connectivity index (χ4v) is 4.25. The number of benzene rings is 1. The van der Waals surface area contributed by atoms with Crippen LogP contribution in [0.4, 0.5) is 0 Å². The average Bonchev–Trinajstić information content (AvgIpc) is 3.11. The number of nitrogens with one attached hydrogen (secondary N) is 2. The van der Waals surface area contributed by atoms with Gasteiger partial charge in [0.05, 0.1) is 6.54 Å². The molecule has 0 aliphatic carbocycles. The Morgan fingerprint density at radius 3 is 2.78 bits per heavy atom. The molecular weight excluding hydrogens is 354 g/mol. The first-order valence-electron chi connectivity index (χ1n) is 9.94. The fraction of sp³-hybridized carbons (Fsp3) is 0.524. The molecule has 2 heterocycles. The molecule has 0 fully saturated rings. The Labute approximate surface area is 166 Å². The van der Waals surface area contributed by atoms with Gasteiger partial charge in [-0.15, -0.1) is 11.3 Å². The standard InChI is InChI=1S/C21H31N5S/c1-4-19(26-11-10-17-8-6-7-9-18(17)15-26)13-24-21(22-5-2)25-14-20-23-12-16(3)27-20/h6-9,12,19H,4-5,10-11,13-15H2,1-3H3,(H2,22,24,25). The van der Waals surface area contributed by atoms with Gasteiger partial charge in [-0.1, -0.05) is 31.2 Å². The van der Waals surface area contributed by atoms with Crippen molar-refractivity contribution in [3.8, 4) is 0 Å². The van der Waals surface area contributed by atoms with Crippen molar-refractivity contribution in [1.82, 2.24) is 20.5 Å². The maximum absolute atomic E-state index is 4.71. The number of nitrogens with zero attached hydrogens (tertiary/aromatic N) is 3. The molecule has 0 radical (unpaired) electrons. The van der Waals surface area contributed by atoms with Crippen molar-refractivity contribution in [2.75, 3.05) is 19.6 Å². The van der Waals surface area contributed by atoms with Gasteiger partial charge in [0.25, 0.3) is 0 Å². The van der Waals surface area contributed by atoms with Crippen molar-refractivity contribution >= 4 is 17.3 Å². The lowest BCUT2D eigenvalue weighted by Gasteiger charge is -2.35. The van der Waals surface area contributed by atoms with E-state index in [0.29, 0.717) is 12.6 Å². The van der Waals surface area contributed by atoms with Crippen molar-refractivity contribution in [1.29, 1.82) is 0 Å². The molecule has 1 atom stereocenters. The van der Waals surface area contributed by atoms with Crippen molar-refractivity contribution in [2.45, 2.75) is 52.7 Å². The monoisotopic (exact) mass is 385 g/mol. The van der Waals surface area contributed by atoms with Crippen LogP contribution in [0.1, 0.15) is 41.3 Å². The van der Waals surface area contributed by atoms with Crippen molar-refractivity contribution in [2.24, 2.45) is 4.99 Å². The molecule has 0 amide bonds. The first kappa shape index (κ1) is 19.8. The molecule has 6 heteroatoms. The number of aliphatic imine (C=N–C) groups is 1. The molecule has 2 N–H and O–H groups in total. The minimum Gasteiger partial charge on any atom is -0.357 e. The van der Waals surface area contributed by atoms with Crippen LogP contribution < -0.4 is 10.6 Å². The summed E-state index contributed by atoms with van der Waals surface area (Å²) in [6.45, 7) is 11.0. The highest BCUT2D eigenvalue weighted by Crippen LogP contribution is 2.21. The van der Waals surface area contributed by atoms with E-state index in [2.05, 4.69) is 65.6 Å². The lowest BCUT2D eigenvalue weighted by molar-refractivity contribution is 0.174. The smallest absolute Gasteiger partial charge is 0.191 e. The molecular formula is C21H31N5S. The highest BCUT2D eigenvalue weighted by atomic mass is 32.1. The molecule has 0 saturated heterocycles. The van der Waals surface area contributed by atoms with Crippen LogP contribution in [-0.2, 0) is 19.5 Å². The van der Waals surface area contributed by atoms with Gasteiger partial charge < -0.3 is 10.6 Å². The third-order valence-electron chi connectivity index (χ3n) is 5.04. The largest absolute Gasteiger partial charge is 0.357 e. The summed E-state index contributed by atoms with van der Waals surface area (Å²) in [5, 5.41) is 7.96. The van der Waals surface area contributed by atoms with E-state index in [-0.39, 0.29) is 0 Å². The van der Waals surface area contributed by atoms with E-state index < -0.39 is 0 Å². The summed E-state index contributed by atoms with van der Waals surface area (Å²) in [6, 6.07) is 9.34. The molecule has 1 aliphatic rings. The Morgan fingerprint density at radius 1 is 1.26 bits per heavy atom. The molecule has 0 saturated carbocycles. The third-order valence-corrected chi connectivity index (χ3v) is 5.94. The number of fused-ring (bicyclic) bond motifs is 1. The van der Waals surface area contributed by atoms with Crippen molar-refractivity contribution in [3.63, 3.8) is 0 Å². The average molecular weight is 386 g/mol. The van der Waals surface area contributed by atoms with Crippen LogP contribution in [-0.4, -0.2) is 41.5 Å². The van der Waals surface area contributed by atoms with Crippen molar-refractivity contribution < 1.29 is 0 Å². The maximum atomic E-state index is 4.71. The first-order chi connectivity index (χ1) is 13.2. The second-order valence-electron chi connectivity index (χ2n) is 6.99. The zero-order chi connectivity index (χ0) is 19.1. The van der Waals surface area contributed by atoms with Gasteiger partial charge in [0.15, 0.2) is 5.96 Å². The first-order valence-corrected chi connectivity index (χ1v) is 10.8. The zero-order valence-electron chi connectivity index (χ0n) is 16.7. The Bertz CT molecular complexity index is 755. The summed E-state index contributed by atoms with van der Waals surface area (Å²) in [7, 11) is 0. The van der Waals surface area contributed by atoms with Gasteiger partial charge in [0.1, 0.15) is 5.01 Å². The van der Waals surface area contributed by atoms with Gasteiger partial charge >= 0.3 is 0 Å². The fourth-order valence-electron chi connectivity index (χ4n) is 3.54. The number of rotatable bonds is 7. The third kappa shape index (κ3) is 5.53. The predicted octanol–water partition coefficient (Wildman–Crippen LogP) is 3.34. The summed E-state index contributed by atoms with van der Waals surface area (Å²) < 4.78 is 0. The summed E-state index contributed by atoms with van der Waals surface area (Å²) >= 11 is 1.71. The molecule has 0 spiro atoms. The number of hydrogen-bond acceptors (Lipinski definition) is 4. The molecule has 146 valence electrons. The van der Waals surface area contributed by atoms with Crippen LogP contribution in [0.25, 0.3) is 0 Å². The lowest BCUT2D eigenvalue weighted by atomic mass is 9.98. The van der Waals surface area contributed by atoms with Gasteiger partial charge in [0.2, 0.25) is 0 Å². The van der Waals surface area contributed by atoms with Crippen LogP contribution in [0, 0.1) is 6.92 Å². The second-order valence-corrected chi connectivity index (χ2v) is 8.31. The predicted molar refractivity (Wildman–Crippen MR) is 114 cm³/mol. The van der Waals surface area contributed by atoms with E-state index in [1.807, 2.05) is 6.20 Å². The highest BCUT2D eigenvalue weighted by molar-refractivity contribution is 7.11. The molecule has 3 rings (SSSR count). The van der Waals surface area contributed by atoms with Gasteiger partial charge in [-0.3, -0.25) is 4.90 Å². The molecule has 0 bridgehead atoms. The molecule has 27 heavy (non-hydrogen) atoms. The summed E-state index contributed by atoms with van der Waals surface area (Å²) in [4.78, 5) is 12.9. The van der Waals surface area contributed by atoms with E-state index in [1.54, 1.807) is 11.3 Å². The van der Waals surface area contributed by atoms with Gasteiger partial charge in [0, 0.05) is 43.3 Å². The minimum absolute atomic E-state index is 0.504. The van der Waals surface area contributed by atoms with Crippen LogP contribution in [0.2, 0.25) is 0 Å². The summed E-state index contributed by atoms with van der Waals surface area (Å²) in [6.07, 6.45) is 4.18. The second kappa shape index (κ2) is 9.85. The molecule has 1 aromatic carbocycles. The highest BCUT2D eigenvalue weighted by Gasteiger charge is 2.22. The number of hydrogen-bond donors (Lipinski definition) is 2. The number of thiazole rings is 1. The van der Waals surface area contributed by atoms with E-state index in [9.17, 15) is 0 Å². The number of aryl methyl sites for hydroxylation is 1. The van der Waals surface area contributed by atoms with E-state index in [0.717, 1.165) is 50.0 Å². The number of guanidine groups is 1. The molecule has 1 aromatic heterocycles. The molecule has 1 unspecified atom stereocenters. The van der Waals surface area contributed by atoms with Crippen LogP contribution in [0.3, 0.4) is 0 Å².